The van der Waals surface area contributed by atoms with Crippen LogP contribution in [-0.2, 0) is 4.79 Å². The van der Waals surface area contributed by atoms with E-state index in [2.05, 4.69) is 15.9 Å². The molecule has 1 aromatic carbocycles. The van der Waals surface area contributed by atoms with E-state index in [0.29, 0.717) is 6.07 Å². The zero-order valence-corrected chi connectivity index (χ0v) is 10.1. The fraction of sp³-hybridized carbons (Fsp3) is 0.300. The molecule has 3 nitrogen and oxygen atoms in total. The van der Waals surface area contributed by atoms with Gasteiger partial charge < -0.3 is 10.8 Å². The van der Waals surface area contributed by atoms with Gasteiger partial charge in [-0.25, -0.2) is 13.2 Å². The second-order valence-corrected chi connectivity index (χ2v) is 4.22. The number of rotatable bonds is 4. The summed E-state index contributed by atoms with van der Waals surface area (Å²) in [6, 6.07) is -0.361. The molecule has 1 atom stereocenters. The summed E-state index contributed by atoms with van der Waals surface area (Å²) in [6.07, 6.45) is -0.346. The van der Waals surface area contributed by atoms with Crippen LogP contribution in [0.2, 0.25) is 0 Å². The Hall–Kier alpha value is -1.08. The molecule has 0 fully saturated rings. The summed E-state index contributed by atoms with van der Waals surface area (Å²) in [6.45, 7) is 0. The number of hydrogen-bond donors (Lipinski definition) is 2. The van der Waals surface area contributed by atoms with Crippen molar-refractivity contribution in [2.75, 3.05) is 0 Å². The van der Waals surface area contributed by atoms with Crippen LogP contribution in [0.4, 0.5) is 13.2 Å². The van der Waals surface area contributed by atoms with Crippen LogP contribution in [-0.4, -0.2) is 11.1 Å². The predicted molar refractivity (Wildman–Crippen MR) is 57.8 cm³/mol. The molecule has 17 heavy (non-hydrogen) atoms. The number of nitrogens with two attached hydrogens (primary N) is 1. The molecule has 0 amide bonds. The van der Waals surface area contributed by atoms with Crippen molar-refractivity contribution in [3.8, 4) is 0 Å². The highest BCUT2D eigenvalue weighted by Gasteiger charge is 2.21. The second-order valence-electron chi connectivity index (χ2n) is 3.43. The van der Waals surface area contributed by atoms with E-state index < -0.39 is 33.9 Å². The lowest BCUT2D eigenvalue weighted by Crippen LogP contribution is -2.15. The minimum Gasteiger partial charge on any atom is -0.481 e. The maximum atomic E-state index is 13.5. The Morgan fingerprint density at radius 2 is 2.00 bits per heavy atom. The van der Waals surface area contributed by atoms with Crippen LogP contribution >= 0.6 is 15.9 Å². The quantitative estimate of drug-likeness (QED) is 0.664. The molecule has 0 aromatic heterocycles. The smallest absolute Gasteiger partial charge is 0.303 e. The number of carbonyl (C=O) groups is 1. The number of carboxylic acid groups (broad SMARTS) is 1. The van der Waals surface area contributed by atoms with E-state index >= 15 is 0 Å². The van der Waals surface area contributed by atoms with Gasteiger partial charge in [0.1, 0.15) is 5.82 Å². The van der Waals surface area contributed by atoms with Gasteiger partial charge in [-0.15, -0.1) is 0 Å². The summed E-state index contributed by atoms with van der Waals surface area (Å²) in [5.41, 5.74) is 5.27. The third-order valence-corrected chi connectivity index (χ3v) is 2.90. The van der Waals surface area contributed by atoms with Crippen LogP contribution in [0, 0.1) is 17.5 Å². The van der Waals surface area contributed by atoms with Crippen molar-refractivity contribution < 1.29 is 23.1 Å². The average molecular weight is 312 g/mol. The standard InChI is InChI=1S/C10H9BrF3NO2/c11-8-9(13)4(3-5(12)10(8)14)6(15)1-2-7(16)17/h3,6H,1-2,15H2,(H,16,17). The van der Waals surface area contributed by atoms with E-state index in [1.54, 1.807) is 0 Å². The van der Waals surface area contributed by atoms with Gasteiger partial charge in [-0.3, -0.25) is 4.79 Å². The van der Waals surface area contributed by atoms with E-state index in [1.807, 2.05) is 0 Å². The second kappa shape index (κ2) is 5.50. The Labute approximate surface area is 104 Å². The highest BCUT2D eigenvalue weighted by molar-refractivity contribution is 9.10. The van der Waals surface area contributed by atoms with Gasteiger partial charge in [0, 0.05) is 18.0 Å². The third-order valence-electron chi connectivity index (χ3n) is 2.20. The summed E-state index contributed by atoms with van der Waals surface area (Å²) in [5, 5.41) is 8.44. The first-order valence-electron chi connectivity index (χ1n) is 4.64. The zero-order chi connectivity index (χ0) is 13.2. The number of halogens is 4. The van der Waals surface area contributed by atoms with Gasteiger partial charge in [0.25, 0.3) is 0 Å². The van der Waals surface area contributed by atoms with E-state index in [1.165, 1.54) is 0 Å². The van der Waals surface area contributed by atoms with Crippen molar-refractivity contribution in [3.05, 3.63) is 33.6 Å². The van der Waals surface area contributed by atoms with Crippen molar-refractivity contribution in [2.45, 2.75) is 18.9 Å². The summed E-state index contributed by atoms with van der Waals surface area (Å²) in [7, 11) is 0. The summed E-state index contributed by atoms with van der Waals surface area (Å²) in [4.78, 5) is 10.3. The Balaban J connectivity index is 3.02. The number of benzene rings is 1. The number of hydrogen-bond acceptors (Lipinski definition) is 2. The Bertz CT molecular complexity index is 454. The van der Waals surface area contributed by atoms with Gasteiger partial charge in [-0.2, -0.15) is 0 Å². The van der Waals surface area contributed by atoms with Crippen molar-refractivity contribution in [1.29, 1.82) is 0 Å². The Morgan fingerprint density at radius 1 is 1.41 bits per heavy atom. The predicted octanol–water partition coefficient (Wildman–Crippen LogP) is 2.73. The maximum absolute atomic E-state index is 13.5. The molecule has 0 heterocycles. The first-order chi connectivity index (χ1) is 7.84. The Kier molecular flexibility index (Phi) is 4.53. The highest BCUT2D eigenvalue weighted by atomic mass is 79.9. The molecule has 0 saturated heterocycles. The summed E-state index contributed by atoms with van der Waals surface area (Å²) in [5.74, 6) is -4.68. The minimum absolute atomic E-state index is 0.0657. The molecule has 3 N–H and O–H groups in total. The summed E-state index contributed by atoms with van der Waals surface area (Å²) >= 11 is 2.57. The molecule has 94 valence electrons. The SMILES string of the molecule is NC(CCC(=O)O)c1cc(F)c(F)c(Br)c1F. The van der Waals surface area contributed by atoms with Crippen molar-refractivity contribution in [3.63, 3.8) is 0 Å². The molecule has 0 aliphatic heterocycles. The largest absolute Gasteiger partial charge is 0.481 e. The molecule has 0 aliphatic rings. The van der Waals surface area contributed by atoms with Crippen LogP contribution in [0.1, 0.15) is 24.4 Å². The lowest BCUT2D eigenvalue weighted by atomic mass is 10.0. The van der Waals surface area contributed by atoms with E-state index in [0.717, 1.165) is 0 Å². The molecule has 1 rings (SSSR count). The van der Waals surface area contributed by atoms with Gasteiger partial charge in [-0.05, 0) is 28.4 Å². The molecule has 0 bridgehead atoms. The fourth-order valence-corrected chi connectivity index (χ4v) is 1.71. The van der Waals surface area contributed by atoms with Crippen molar-refractivity contribution in [1.82, 2.24) is 0 Å². The molecule has 0 aliphatic carbocycles. The van der Waals surface area contributed by atoms with E-state index in [4.69, 9.17) is 10.8 Å². The molecule has 0 spiro atoms. The molecular weight excluding hydrogens is 303 g/mol. The monoisotopic (exact) mass is 311 g/mol. The molecule has 0 radical (unpaired) electrons. The zero-order valence-electron chi connectivity index (χ0n) is 8.51. The fourth-order valence-electron chi connectivity index (χ4n) is 1.30. The third kappa shape index (κ3) is 3.19. The summed E-state index contributed by atoms with van der Waals surface area (Å²) < 4.78 is 38.9. The van der Waals surface area contributed by atoms with Gasteiger partial charge in [0.05, 0.1) is 4.47 Å². The molecule has 7 heteroatoms. The van der Waals surface area contributed by atoms with Gasteiger partial charge >= 0.3 is 5.97 Å². The number of carboxylic acids is 1. The van der Waals surface area contributed by atoms with Crippen LogP contribution in [0.25, 0.3) is 0 Å². The van der Waals surface area contributed by atoms with Crippen LogP contribution in [0.3, 0.4) is 0 Å². The minimum atomic E-state index is -1.34. The van der Waals surface area contributed by atoms with E-state index in [9.17, 15) is 18.0 Å². The molecular formula is C10H9BrF3NO2. The average Bonchev–Trinajstić information content (AvgIpc) is 2.28. The van der Waals surface area contributed by atoms with Crippen molar-refractivity contribution >= 4 is 21.9 Å². The topological polar surface area (TPSA) is 63.3 Å². The van der Waals surface area contributed by atoms with Gasteiger partial charge in [0.15, 0.2) is 11.6 Å². The van der Waals surface area contributed by atoms with Gasteiger partial charge in [-0.1, -0.05) is 0 Å². The van der Waals surface area contributed by atoms with Crippen molar-refractivity contribution in [2.24, 2.45) is 5.73 Å². The maximum Gasteiger partial charge on any atom is 0.303 e. The van der Waals surface area contributed by atoms with Crippen LogP contribution < -0.4 is 5.73 Å². The first-order valence-corrected chi connectivity index (χ1v) is 5.44. The molecule has 0 saturated carbocycles. The lowest BCUT2D eigenvalue weighted by Gasteiger charge is -2.13. The number of aliphatic carboxylic acids is 1. The van der Waals surface area contributed by atoms with Crippen LogP contribution in [0.15, 0.2) is 10.5 Å². The highest BCUT2D eigenvalue weighted by Crippen LogP contribution is 2.29. The lowest BCUT2D eigenvalue weighted by molar-refractivity contribution is -0.137. The first kappa shape index (κ1) is 14.0. The Morgan fingerprint density at radius 3 is 2.53 bits per heavy atom. The molecule has 1 aromatic rings. The molecule has 1 unspecified atom stereocenters. The van der Waals surface area contributed by atoms with Gasteiger partial charge in [0.2, 0.25) is 0 Å². The van der Waals surface area contributed by atoms with Crippen LogP contribution in [0.5, 0.6) is 0 Å². The normalized spacial score (nSPS) is 12.5. The van der Waals surface area contributed by atoms with E-state index in [-0.39, 0.29) is 18.4 Å².